The Labute approximate surface area is 144 Å². The second-order valence-corrected chi connectivity index (χ2v) is 7.65. The van der Waals surface area contributed by atoms with Gasteiger partial charge in [0, 0.05) is 17.9 Å². The van der Waals surface area contributed by atoms with Crippen molar-refractivity contribution >= 4 is 27.3 Å². The summed E-state index contributed by atoms with van der Waals surface area (Å²) in [6.45, 7) is 5.47. The van der Waals surface area contributed by atoms with Crippen LogP contribution < -0.4 is 5.73 Å². The Morgan fingerprint density at radius 2 is 2.45 bits per heavy atom. The summed E-state index contributed by atoms with van der Waals surface area (Å²) in [4.78, 5) is 4.45. The predicted molar refractivity (Wildman–Crippen MR) is 90.9 cm³/mol. The average molecular weight is 393 g/mol. The molecule has 0 saturated carbocycles. The van der Waals surface area contributed by atoms with Crippen LogP contribution >= 0.6 is 27.3 Å². The van der Waals surface area contributed by atoms with Gasteiger partial charge in [0.15, 0.2) is 0 Å². The molecule has 22 heavy (non-hydrogen) atoms. The maximum Gasteiger partial charge on any atom is 0.117 e. The third-order valence-corrected chi connectivity index (χ3v) is 5.87. The van der Waals surface area contributed by atoms with Gasteiger partial charge in [0.2, 0.25) is 0 Å². The monoisotopic (exact) mass is 392 g/mol. The summed E-state index contributed by atoms with van der Waals surface area (Å²) in [5.41, 5.74) is 5.85. The van der Waals surface area contributed by atoms with Gasteiger partial charge in [-0.05, 0) is 35.7 Å². The van der Waals surface area contributed by atoms with Gasteiger partial charge in [-0.2, -0.15) is 0 Å². The van der Waals surface area contributed by atoms with E-state index in [0.717, 1.165) is 22.5 Å². The molecule has 0 spiro atoms. The van der Waals surface area contributed by atoms with Crippen molar-refractivity contribution in [2.24, 2.45) is 11.7 Å². The van der Waals surface area contributed by atoms with E-state index in [4.69, 9.17) is 15.2 Å². The highest BCUT2D eigenvalue weighted by molar-refractivity contribution is 9.10. The van der Waals surface area contributed by atoms with Gasteiger partial charge in [0.05, 0.1) is 31.0 Å². The maximum absolute atomic E-state index is 10.6. The lowest BCUT2D eigenvalue weighted by molar-refractivity contribution is -0.106. The van der Waals surface area contributed by atoms with Crippen molar-refractivity contribution in [3.63, 3.8) is 0 Å². The van der Waals surface area contributed by atoms with Crippen LogP contribution in [-0.2, 0) is 15.0 Å². The van der Waals surface area contributed by atoms with Gasteiger partial charge in [-0.3, -0.25) is 0 Å². The summed E-state index contributed by atoms with van der Waals surface area (Å²) >= 11 is 4.86. The van der Waals surface area contributed by atoms with Crippen LogP contribution in [0.4, 0.5) is 0 Å². The summed E-state index contributed by atoms with van der Waals surface area (Å²) in [6.07, 6.45) is 2.25. The van der Waals surface area contributed by atoms with E-state index in [9.17, 15) is 5.11 Å². The Balaban J connectivity index is 2.09. The van der Waals surface area contributed by atoms with Crippen LogP contribution in [0.25, 0.3) is 0 Å². The number of nitrogens with zero attached hydrogens (tertiary/aromatic N) is 1. The minimum atomic E-state index is -0.767. The van der Waals surface area contributed by atoms with Gasteiger partial charge in [-0.25, -0.2) is 4.98 Å². The molecule has 0 radical (unpaired) electrons. The lowest BCUT2D eigenvalue weighted by Crippen LogP contribution is -2.57. The Hall–Kier alpha value is -0.0500. The molecule has 4 atom stereocenters. The average Bonchev–Trinajstić information content (AvgIpc) is 2.93. The number of aliphatic hydroxyl groups excluding tert-OH is 1. The zero-order valence-corrected chi connectivity index (χ0v) is 15.5. The molecule has 1 fully saturated rings. The minimum Gasteiger partial charge on any atom is -0.390 e. The predicted octanol–water partition coefficient (Wildman–Crippen LogP) is 2.66. The van der Waals surface area contributed by atoms with Crippen LogP contribution in [0.15, 0.2) is 9.98 Å². The number of hydrogen-bond donors (Lipinski definition) is 2. The fraction of sp³-hybridized carbons (Fsp3) is 0.800. The SMILES string of the molecule is CCCCOC[C@@H](O)[C@@H]1C[C@H](C)OC[C@@]1(N)c1nc(Br)cs1. The van der Waals surface area contributed by atoms with Crippen LogP contribution in [-0.4, -0.2) is 42.1 Å². The van der Waals surface area contributed by atoms with Gasteiger partial charge in [-0.1, -0.05) is 13.3 Å². The molecular weight excluding hydrogens is 368 g/mol. The van der Waals surface area contributed by atoms with Crippen molar-refractivity contribution < 1.29 is 14.6 Å². The first kappa shape index (κ1) is 18.3. The molecule has 1 aliphatic rings. The lowest BCUT2D eigenvalue weighted by Gasteiger charge is -2.44. The molecule has 0 aliphatic carbocycles. The lowest BCUT2D eigenvalue weighted by atomic mass is 9.76. The van der Waals surface area contributed by atoms with Crippen molar-refractivity contribution in [1.82, 2.24) is 4.98 Å². The van der Waals surface area contributed by atoms with E-state index in [0.29, 0.717) is 26.2 Å². The fourth-order valence-corrected chi connectivity index (χ4v) is 4.20. The number of rotatable bonds is 7. The smallest absolute Gasteiger partial charge is 0.117 e. The molecule has 1 saturated heterocycles. The number of nitrogens with two attached hydrogens (primary N) is 1. The standard InChI is InChI=1S/C15H25BrN2O3S/c1-3-4-5-20-7-12(19)11-6-10(2)21-9-15(11,17)14-18-13(16)8-22-14/h8,10-12,19H,3-7,9,17H2,1-2H3/t10-,11-,12+,15-/m0/s1. The molecule has 5 nitrogen and oxygen atoms in total. The molecule has 1 aliphatic heterocycles. The Morgan fingerprint density at radius 3 is 3.09 bits per heavy atom. The zero-order valence-electron chi connectivity index (χ0n) is 13.1. The third kappa shape index (κ3) is 4.27. The molecule has 1 aromatic rings. The first-order chi connectivity index (χ1) is 10.5. The van der Waals surface area contributed by atoms with Gasteiger partial charge in [0.1, 0.15) is 9.61 Å². The number of unbranched alkanes of at least 4 members (excludes halogenated alkanes) is 1. The Morgan fingerprint density at radius 1 is 1.68 bits per heavy atom. The molecule has 0 bridgehead atoms. The number of halogens is 1. The highest BCUT2D eigenvalue weighted by atomic mass is 79.9. The van der Waals surface area contributed by atoms with Crippen LogP contribution in [0.5, 0.6) is 0 Å². The number of aromatic nitrogens is 1. The molecule has 0 unspecified atom stereocenters. The number of hydrogen-bond acceptors (Lipinski definition) is 6. The topological polar surface area (TPSA) is 77.6 Å². The second kappa shape index (κ2) is 8.17. The van der Waals surface area contributed by atoms with Crippen molar-refractivity contribution in [2.75, 3.05) is 19.8 Å². The molecule has 0 aromatic carbocycles. The highest BCUT2D eigenvalue weighted by Crippen LogP contribution is 2.39. The largest absolute Gasteiger partial charge is 0.390 e. The Bertz CT molecular complexity index is 473. The van der Waals surface area contributed by atoms with Crippen molar-refractivity contribution in [3.05, 3.63) is 15.0 Å². The maximum atomic E-state index is 10.6. The van der Waals surface area contributed by atoms with Crippen LogP contribution in [0.3, 0.4) is 0 Å². The van der Waals surface area contributed by atoms with Gasteiger partial charge in [0.25, 0.3) is 0 Å². The molecule has 2 rings (SSSR count). The molecule has 3 N–H and O–H groups in total. The first-order valence-corrected chi connectivity index (χ1v) is 9.42. The summed E-state index contributed by atoms with van der Waals surface area (Å²) in [5.74, 6) is -0.129. The molecule has 1 aromatic heterocycles. The van der Waals surface area contributed by atoms with Crippen molar-refractivity contribution in [2.45, 2.75) is 50.9 Å². The molecule has 0 amide bonds. The van der Waals surface area contributed by atoms with E-state index in [2.05, 4.69) is 27.8 Å². The first-order valence-electron chi connectivity index (χ1n) is 7.75. The van der Waals surface area contributed by atoms with E-state index in [1.165, 1.54) is 11.3 Å². The van der Waals surface area contributed by atoms with E-state index < -0.39 is 11.6 Å². The molecule has 126 valence electrons. The summed E-state index contributed by atoms with van der Waals surface area (Å²) < 4.78 is 12.1. The van der Waals surface area contributed by atoms with Crippen LogP contribution in [0, 0.1) is 5.92 Å². The third-order valence-electron chi connectivity index (χ3n) is 4.12. The summed E-state index contributed by atoms with van der Waals surface area (Å²) in [5, 5.41) is 13.3. The quantitative estimate of drug-likeness (QED) is 0.697. The molecular formula is C15H25BrN2O3S. The van der Waals surface area contributed by atoms with E-state index in [-0.39, 0.29) is 12.0 Å². The zero-order chi connectivity index (χ0) is 16.2. The van der Waals surface area contributed by atoms with E-state index in [1.54, 1.807) is 0 Å². The van der Waals surface area contributed by atoms with E-state index >= 15 is 0 Å². The Kier molecular flexibility index (Phi) is 6.79. The summed E-state index contributed by atoms with van der Waals surface area (Å²) in [7, 11) is 0. The fourth-order valence-electron chi connectivity index (χ4n) is 2.78. The minimum absolute atomic E-state index is 0.0790. The van der Waals surface area contributed by atoms with Crippen molar-refractivity contribution in [3.8, 4) is 0 Å². The molecule has 7 heteroatoms. The van der Waals surface area contributed by atoms with E-state index in [1.807, 2.05) is 12.3 Å². The van der Waals surface area contributed by atoms with Gasteiger partial charge in [-0.15, -0.1) is 11.3 Å². The normalized spacial score (nSPS) is 30.4. The number of ether oxygens (including phenoxy) is 2. The van der Waals surface area contributed by atoms with Gasteiger partial charge >= 0.3 is 0 Å². The molecule has 2 heterocycles. The number of aliphatic hydroxyl groups is 1. The van der Waals surface area contributed by atoms with Crippen LogP contribution in [0.2, 0.25) is 0 Å². The number of thiazole rings is 1. The second-order valence-electron chi connectivity index (χ2n) is 5.98. The van der Waals surface area contributed by atoms with Gasteiger partial charge < -0.3 is 20.3 Å². The highest BCUT2D eigenvalue weighted by Gasteiger charge is 2.47. The van der Waals surface area contributed by atoms with Crippen LogP contribution in [0.1, 0.15) is 38.1 Å². The summed E-state index contributed by atoms with van der Waals surface area (Å²) in [6, 6.07) is 0. The van der Waals surface area contributed by atoms with Crippen molar-refractivity contribution in [1.29, 1.82) is 0 Å².